The molecule has 1 N–H and O–H groups in total. The van der Waals surface area contributed by atoms with Gasteiger partial charge in [0.1, 0.15) is 0 Å². The van der Waals surface area contributed by atoms with Gasteiger partial charge in [-0.1, -0.05) is 0 Å². The smallest absolute Gasteiger partial charge is 0.418 e. The second kappa shape index (κ2) is 6.56. The minimum Gasteiger partial charge on any atom is -0.478 e. The lowest BCUT2D eigenvalue weighted by molar-refractivity contribution is -0.137. The van der Waals surface area contributed by atoms with Crippen molar-refractivity contribution < 1.29 is 23.1 Å². The minimum atomic E-state index is -4.56. The van der Waals surface area contributed by atoms with Gasteiger partial charge in [-0.05, 0) is 44.4 Å². The van der Waals surface area contributed by atoms with Crippen LogP contribution in [-0.4, -0.2) is 23.7 Å². The van der Waals surface area contributed by atoms with Crippen molar-refractivity contribution in [2.24, 2.45) is 0 Å². The highest BCUT2D eigenvalue weighted by molar-refractivity contribution is 5.88. The molecule has 1 aromatic carbocycles. The Labute approximate surface area is 127 Å². The van der Waals surface area contributed by atoms with Gasteiger partial charge in [-0.25, -0.2) is 4.79 Å². The second-order valence-corrected chi connectivity index (χ2v) is 5.07. The molecule has 0 saturated carbocycles. The molecule has 1 unspecified atom stereocenters. The van der Waals surface area contributed by atoms with Crippen LogP contribution in [0.5, 0.6) is 0 Å². The van der Waals surface area contributed by atoms with Crippen molar-refractivity contribution in [3.8, 4) is 0 Å². The minimum absolute atomic E-state index is 0. The van der Waals surface area contributed by atoms with Gasteiger partial charge in [-0.15, -0.1) is 12.4 Å². The third-order valence-corrected chi connectivity index (χ3v) is 3.66. The van der Waals surface area contributed by atoms with Gasteiger partial charge in [0.2, 0.25) is 0 Å². The molecule has 2 rings (SSSR count). The van der Waals surface area contributed by atoms with Gasteiger partial charge in [-0.2, -0.15) is 13.2 Å². The molecule has 0 bridgehead atoms. The average Bonchev–Trinajstić information content (AvgIpc) is 2.37. The molecule has 1 saturated heterocycles. The van der Waals surface area contributed by atoms with Crippen molar-refractivity contribution in [3.63, 3.8) is 0 Å². The van der Waals surface area contributed by atoms with E-state index in [9.17, 15) is 18.0 Å². The van der Waals surface area contributed by atoms with E-state index in [0.717, 1.165) is 25.3 Å². The molecular formula is C14H17ClF3NO2. The molecule has 21 heavy (non-hydrogen) atoms. The zero-order valence-electron chi connectivity index (χ0n) is 11.5. The Kier molecular flexibility index (Phi) is 5.50. The Morgan fingerprint density at radius 1 is 1.33 bits per heavy atom. The van der Waals surface area contributed by atoms with E-state index >= 15 is 0 Å². The Morgan fingerprint density at radius 2 is 2.00 bits per heavy atom. The van der Waals surface area contributed by atoms with E-state index in [2.05, 4.69) is 0 Å². The van der Waals surface area contributed by atoms with E-state index in [-0.39, 0.29) is 29.7 Å². The monoisotopic (exact) mass is 323 g/mol. The summed E-state index contributed by atoms with van der Waals surface area (Å²) in [5.41, 5.74) is -1.13. The maximum absolute atomic E-state index is 13.2. The van der Waals surface area contributed by atoms with Gasteiger partial charge in [0.15, 0.2) is 0 Å². The molecule has 3 nitrogen and oxygen atoms in total. The molecule has 1 atom stereocenters. The SMILES string of the molecule is CC1CCCCN1c1ccc(C(=O)O)cc1C(F)(F)F.Cl. The van der Waals surface area contributed by atoms with Crippen molar-refractivity contribution in [3.05, 3.63) is 29.3 Å². The highest BCUT2D eigenvalue weighted by Crippen LogP contribution is 2.39. The van der Waals surface area contributed by atoms with Crippen LogP contribution in [0.2, 0.25) is 0 Å². The Morgan fingerprint density at radius 3 is 2.52 bits per heavy atom. The predicted octanol–water partition coefficient (Wildman–Crippen LogP) is 4.20. The molecular weight excluding hydrogens is 307 g/mol. The number of rotatable bonds is 2. The van der Waals surface area contributed by atoms with Crippen molar-refractivity contribution in [1.82, 2.24) is 0 Å². The molecule has 0 aromatic heterocycles. The van der Waals surface area contributed by atoms with Crippen LogP contribution in [0.4, 0.5) is 18.9 Å². The van der Waals surface area contributed by atoms with Gasteiger partial charge in [0.25, 0.3) is 0 Å². The summed E-state index contributed by atoms with van der Waals surface area (Å²) in [6.07, 6.45) is -1.86. The maximum atomic E-state index is 13.2. The number of hydrogen-bond donors (Lipinski definition) is 1. The lowest BCUT2D eigenvalue weighted by Crippen LogP contribution is -2.38. The van der Waals surface area contributed by atoms with E-state index in [1.54, 1.807) is 4.90 Å². The first-order chi connectivity index (χ1) is 9.30. The van der Waals surface area contributed by atoms with E-state index < -0.39 is 17.7 Å². The van der Waals surface area contributed by atoms with Gasteiger partial charge in [0.05, 0.1) is 11.1 Å². The van der Waals surface area contributed by atoms with Crippen LogP contribution in [0.3, 0.4) is 0 Å². The third-order valence-electron chi connectivity index (χ3n) is 3.66. The van der Waals surface area contributed by atoms with Crippen molar-refractivity contribution in [1.29, 1.82) is 0 Å². The number of aromatic carboxylic acids is 1. The number of halogens is 4. The molecule has 1 heterocycles. The fourth-order valence-electron chi connectivity index (χ4n) is 2.60. The molecule has 1 aliphatic rings. The number of anilines is 1. The fourth-order valence-corrected chi connectivity index (χ4v) is 2.60. The van der Waals surface area contributed by atoms with E-state index in [1.807, 2.05) is 6.92 Å². The number of hydrogen-bond acceptors (Lipinski definition) is 2. The number of carboxylic acids is 1. The summed E-state index contributed by atoms with van der Waals surface area (Å²) < 4.78 is 39.5. The number of carboxylic acid groups (broad SMARTS) is 1. The summed E-state index contributed by atoms with van der Waals surface area (Å²) in [5.74, 6) is -1.35. The predicted molar refractivity (Wildman–Crippen MR) is 76.3 cm³/mol. The summed E-state index contributed by atoms with van der Waals surface area (Å²) >= 11 is 0. The average molecular weight is 324 g/mol. The number of benzene rings is 1. The van der Waals surface area contributed by atoms with E-state index in [4.69, 9.17) is 5.11 Å². The first-order valence-electron chi connectivity index (χ1n) is 6.52. The summed E-state index contributed by atoms with van der Waals surface area (Å²) in [6.45, 7) is 2.46. The third kappa shape index (κ3) is 3.81. The largest absolute Gasteiger partial charge is 0.478 e. The Balaban J connectivity index is 0.00000220. The quantitative estimate of drug-likeness (QED) is 0.886. The van der Waals surface area contributed by atoms with Crippen LogP contribution in [0, 0.1) is 0 Å². The molecule has 1 aliphatic heterocycles. The number of alkyl halides is 3. The number of carbonyl (C=O) groups is 1. The second-order valence-electron chi connectivity index (χ2n) is 5.07. The van der Waals surface area contributed by atoms with Gasteiger partial charge >= 0.3 is 12.1 Å². The van der Waals surface area contributed by atoms with Crippen LogP contribution in [0.1, 0.15) is 42.1 Å². The van der Waals surface area contributed by atoms with Crippen LogP contribution in [0.25, 0.3) is 0 Å². The van der Waals surface area contributed by atoms with Crippen LogP contribution < -0.4 is 4.90 Å². The standard InChI is InChI=1S/C14H16F3NO2.ClH/c1-9-4-2-3-7-18(9)12-6-5-10(13(19)20)8-11(12)14(15,16)17;/h5-6,8-9H,2-4,7H2,1H3,(H,19,20);1H. The molecule has 1 fully saturated rings. The Bertz CT molecular complexity index is 519. The van der Waals surface area contributed by atoms with Crippen LogP contribution in [-0.2, 0) is 6.18 Å². The maximum Gasteiger partial charge on any atom is 0.418 e. The molecule has 1 aromatic rings. The van der Waals surface area contributed by atoms with Crippen molar-refractivity contribution in [2.45, 2.75) is 38.4 Å². The summed E-state index contributed by atoms with van der Waals surface area (Å²) in [4.78, 5) is 12.6. The normalized spacial score (nSPS) is 19.0. The molecule has 0 aliphatic carbocycles. The summed E-state index contributed by atoms with van der Waals surface area (Å²) in [7, 11) is 0. The van der Waals surface area contributed by atoms with E-state index in [1.165, 1.54) is 12.1 Å². The summed E-state index contributed by atoms with van der Waals surface area (Å²) in [5, 5.41) is 8.85. The fraction of sp³-hybridized carbons (Fsp3) is 0.500. The van der Waals surface area contributed by atoms with Crippen LogP contribution >= 0.6 is 12.4 Å². The lowest BCUT2D eigenvalue weighted by Gasteiger charge is -2.37. The highest BCUT2D eigenvalue weighted by Gasteiger charge is 2.36. The number of nitrogens with zero attached hydrogens (tertiary/aromatic N) is 1. The highest BCUT2D eigenvalue weighted by atomic mass is 35.5. The van der Waals surface area contributed by atoms with E-state index in [0.29, 0.717) is 6.54 Å². The zero-order valence-corrected chi connectivity index (χ0v) is 12.3. The first kappa shape index (κ1) is 17.6. The topological polar surface area (TPSA) is 40.5 Å². The van der Waals surface area contributed by atoms with Crippen LogP contribution in [0.15, 0.2) is 18.2 Å². The van der Waals surface area contributed by atoms with Crippen molar-refractivity contribution >= 4 is 24.1 Å². The number of piperidine rings is 1. The van der Waals surface area contributed by atoms with Gasteiger partial charge in [-0.3, -0.25) is 0 Å². The molecule has 0 radical (unpaired) electrons. The molecule has 0 spiro atoms. The van der Waals surface area contributed by atoms with Crippen molar-refractivity contribution in [2.75, 3.05) is 11.4 Å². The lowest BCUT2D eigenvalue weighted by atomic mass is 9.99. The zero-order chi connectivity index (χ0) is 14.9. The summed E-state index contributed by atoms with van der Waals surface area (Å²) in [6, 6.07) is 3.25. The Hall–Kier alpha value is -1.43. The molecule has 118 valence electrons. The molecule has 0 amide bonds. The molecule has 7 heteroatoms. The first-order valence-corrected chi connectivity index (χ1v) is 6.52. The van der Waals surface area contributed by atoms with Gasteiger partial charge in [0, 0.05) is 18.3 Å². The van der Waals surface area contributed by atoms with Gasteiger partial charge < -0.3 is 10.0 Å².